The Balaban J connectivity index is 2.55. The average molecular weight is 228 g/mol. The van der Waals surface area contributed by atoms with E-state index < -0.39 is 0 Å². The number of pyridine rings is 1. The van der Waals surface area contributed by atoms with Gasteiger partial charge in [0.2, 0.25) is 0 Å². The maximum atomic E-state index is 6.08. The topological polar surface area (TPSA) is 12.9 Å². The van der Waals surface area contributed by atoms with Crippen LogP contribution in [-0.2, 0) is 0 Å². The van der Waals surface area contributed by atoms with Crippen molar-refractivity contribution in [3.8, 4) is 0 Å². The Morgan fingerprint density at radius 2 is 1.75 bits per heavy atom. The Hall–Kier alpha value is -1.60. The van der Waals surface area contributed by atoms with Gasteiger partial charge in [-0.1, -0.05) is 48.0 Å². The molecule has 0 saturated heterocycles. The molecule has 0 atom stereocenters. The molecule has 78 valence electrons. The third-order valence-corrected chi connectivity index (χ3v) is 3.22. The molecule has 0 saturated carbocycles. The van der Waals surface area contributed by atoms with Crippen LogP contribution in [0.15, 0.2) is 42.5 Å². The molecule has 3 rings (SSSR count). The summed E-state index contributed by atoms with van der Waals surface area (Å²) < 4.78 is 0. The number of aryl methyl sites for hydroxylation is 1. The lowest BCUT2D eigenvalue weighted by Crippen LogP contribution is -1.85. The molecule has 0 radical (unpaired) electrons. The number of fused-ring (bicyclic) bond motifs is 3. The van der Waals surface area contributed by atoms with Crippen molar-refractivity contribution in [2.24, 2.45) is 0 Å². The Morgan fingerprint density at radius 1 is 1.00 bits per heavy atom. The molecule has 2 aromatic carbocycles. The van der Waals surface area contributed by atoms with Crippen LogP contribution in [0.3, 0.4) is 0 Å². The van der Waals surface area contributed by atoms with E-state index in [-0.39, 0.29) is 0 Å². The number of hydrogen-bond acceptors (Lipinski definition) is 1. The van der Waals surface area contributed by atoms with Gasteiger partial charge in [-0.2, -0.15) is 0 Å². The fraction of sp³-hybridized carbons (Fsp3) is 0.0714. The van der Waals surface area contributed by atoms with Gasteiger partial charge in [-0.3, -0.25) is 0 Å². The van der Waals surface area contributed by atoms with Gasteiger partial charge in [-0.05, 0) is 23.9 Å². The fourth-order valence-corrected chi connectivity index (χ4v) is 2.13. The van der Waals surface area contributed by atoms with Gasteiger partial charge in [0.15, 0.2) is 0 Å². The van der Waals surface area contributed by atoms with Crippen LogP contribution >= 0.6 is 11.6 Å². The van der Waals surface area contributed by atoms with Crippen molar-refractivity contribution in [2.75, 3.05) is 0 Å². The van der Waals surface area contributed by atoms with E-state index in [0.29, 0.717) is 5.15 Å². The van der Waals surface area contributed by atoms with Crippen LogP contribution in [0.5, 0.6) is 0 Å². The number of halogens is 1. The minimum atomic E-state index is 0.587. The SMILES string of the molecule is Cc1cc2ccc3ccccc3c2nc1Cl. The molecule has 3 aromatic rings. The lowest BCUT2D eigenvalue weighted by Gasteiger charge is -2.05. The van der Waals surface area contributed by atoms with Crippen LogP contribution in [0.4, 0.5) is 0 Å². The predicted octanol–water partition coefficient (Wildman–Crippen LogP) is 4.35. The molecular weight excluding hydrogens is 218 g/mol. The highest BCUT2D eigenvalue weighted by Gasteiger charge is 2.04. The highest BCUT2D eigenvalue weighted by atomic mass is 35.5. The van der Waals surface area contributed by atoms with Crippen molar-refractivity contribution in [2.45, 2.75) is 6.92 Å². The molecular formula is C14H10ClN. The summed E-state index contributed by atoms with van der Waals surface area (Å²) in [6.07, 6.45) is 0. The van der Waals surface area contributed by atoms with Crippen molar-refractivity contribution >= 4 is 33.3 Å². The van der Waals surface area contributed by atoms with Gasteiger partial charge >= 0.3 is 0 Å². The quantitative estimate of drug-likeness (QED) is 0.411. The number of nitrogens with zero attached hydrogens (tertiary/aromatic N) is 1. The zero-order valence-electron chi connectivity index (χ0n) is 8.87. The number of rotatable bonds is 0. The molecule has 16 heavy (non-hydrogen) atoms. The summed E-state index contributed by atoms with van der Waals surface area (Å²) in [5, 5.41) is 4.08. The Labute approximate surface area is 98.7 Å². The van der Waals surface area contributed by atoms with Crippen LogP contribution in [0.25, 0.3) is 21.7 Å². The largest absolute Gasteiger partial charge is 0.235 e. The van der Waals surface area contributed by atoms with Gasteiger partial charge in [-0.25, -0.2) is 4.98 Å². The highest BCUT2D eigenvalue weighted by Crippen LogP contribution is 2.26. The van der Waals surface area contributed by atoms with Gasteiger partial charge in [0.1, 0.15) is 5.15 Å². The third kappa shape index (κ3) is 1.36. The maximum Gasteiger partial charge on any atom is 0.132 e. The van der Waals surface area contributed by atoms with Gasteiger partial charge in [0.25, 0.3) is 0 Å². The standard InChI is InChI=1S/C14H10ClN/c1-9-8-11-7-6-10-4-2-3-5-12(10)13(11)16-14(9)15/h2-8H,1H3. The van der Waals surface area contributed by atoms with Crippen molar-refractivity contribution in [1.82, 2.24) is 4.98 Å². The van der Waals surface area contributed by atoms with E-state index in [1.165, 1.54) is 5.39 Å². The number of hydrogen-bond donors (Lipinski definition) is 0. The summed E-state index contributed by atoms with van der Waals surface area (Å²) in [6.45, 7) is 1.98. The molecule has 1 heterocycles. The van der Waals surface area contributed by atoms with Crippen LogP contribution in [0.2, 0.25) is 5.15 Å². The molecule has 0 aliphatic heterocycles. The lowest BCUT2D eigenvalue weighted by atomic mass is 10.1. The predicted molar refractivity (Wildman–Crippen MR) is 69.0 cm³/mol. The molecule has 1 nitrogen and oxygen atoms in total. The van der Waals surface area contributed by atoms with Crippen LogP contribution in [0, 0.1) is 6.92 Å². The maximum absolute atomic E-state index is 6.08. The van der Waals surface area contributed by atoms with E-state index in [1.807, 2.05) is 19.1 Å². The average Bonchev–Trinajstić information content (AvgIpc) is 2.31. The molecule has 0 fully saturated rings. The minimum absolute atomic E-state index is 0.587. The molecule has 0 bridgehead atoms. The molecule has 0 N–H and O–H groups in total. The summed E-state index contributed by atoms with van der Waals surface area (Å²) in [5.74, 6) is 0. The van der Waals surface area contributed by atoms with Gasteiger partial charge in [0.05, 0.1) is 5.52 Å². The van der Waals surface area contributed by atoms with E-state index in [0.717, 1.165) is 21.9 Å². The van der Waals surface area contributed by atoms with Crippen LogP contribution in [0.1, 0.15) is 5.56 Å². The summed E-state index contributed by atoms with van der Waals surface area (Å²) in [4.78, 5) is 4.47. The first kappa shape index (κ1) is 9.61. The van der Waals surface area contributed by atoms with Gasteiger partial charge < -0.3 is 0 Å². The molecule has 0 unspecified atom stereocenters. The molecule has 0 aliphatic carbocycles. The zero-order chi connectivity index (χ0) is 11.1. The molecule has 0 aliphatic rings. The fourth-order valence-electron chi connectivity index (χ4n) is 1.99. The van der Waals surface area contributed by atoms with E-state index in [9.17, 15) is 0 Å². The van der Waals surface area contributed by atoms with Crippen LogP contribution in [-0.4, -0.2) is 4.98 Å². The van der Waals surface area contributed by atoms with Crippen molar-refractivity contribution in [3.63, 3.8) is 0 Å². The first-order chi connectivity index (χ1) is 7.75. The minimum Gasteiger partial charge on any atom is -0.235 e. The summed E-state index contributed by atoms with van der Waals surface area (Å²) in [6, 6.07) is 14.5. The Kier molecular flexibility index (Phi) is 2.08. The van der Waals surface area contributed by atoms with E-state index >= 15 is 0 Å². The molecule has 0 spiro atoms. The first-order valence-electron chi connectivity index (χ1n) is 5.20. The normalized spacial score (nSPS) is 11.1. The Bertz CT molecular complexity index is 689. The number of benzene rings is 2. The highest BCUT2D eigenvalue weighted by molar-refractivity contribution is 6.30. The second kappa shape index (κ2) is 3.46. The van der Waals surface area contributed by atoms with Gasteiger partial charge in [-0.15, -0.1) is 0 Å². The summed E-state index contributed by atoms with van der Waals surface area (Å²) >= 11 is 6.08. The Morgan fingerprint density at radius 3 is 2.62 bits per heavy atom. The molecule has 0 amide bonds. The molecule has 1 aromatic heterocycles. The third-order valence-electron chi connectivity index (χ3n) is 2.84. The second-order valence-corrected chi connectivity index (χ2v) is 4.31. The summed E-state index contributed by atoms with van der Waals surface area (Å²) in [5.41, 5.74) is 2.00. The lowest BCUT2D eigenvalue weighted by molar-refractivity contribution is 1.34. The van der Waals surface area contributed by atoms with E-state index in [4.69, 9.17) is 11.6 Å². The summed E-state index contributed by atoms with van der Waals surface area (Å²) in [7, 11) is 0. The van der Waals surface area contributed by atoms with Crippen molar-refractivity contribution in [3.05, 3.63) is 53.2 Å². The van der Waals surface area contributed by atoms with Gasteiger partial charge in [0, 0.05) is 10.8 Å². The number of aromatic nitrogens is 1. The monoisotopic (exact) mass is 227 g/mol. The van der Waals surface area contributed by atoms with E-state index in [1.54, 1.807) is 0 Å². The van der Waals surface area contributed by atoms with E-state index in [2.05, 4.69) is 35.3 Å². The smallest absolute Gasteiger partial charge is 0.132 e. The first-order valence-corrected chi connectivity index (χ1v) is 5.58. The second-order valence-electron chi connectivity index (χ2n) is 3.95. The molecule has 2 heteroatoms. The zero-order valence-corrected chi connectivity index (χ0v) is 9.62. The van der Waals surface area contributed by atoms with Crippen LogP contribution < -0.4 is 0 Å². The van der Waals surface area contributed by atoms with Crippen molar-refractivity contribution < 1.29 is 0 Å². The van der Waals surface area contributed by atoms with Crippen molar-refractivity contribution in [1.29, 1.82) is 0 Å².